The smallest absolute Gasteiger partial charge is 0.160 e. The van der Waals surface area contributed by atoms with Gasteiger partial charge in [-0.1, -0.05) is 27.7 Å². The second-order valence-electron chi connectivity index (χ2n) is 5.06. The summed E-state index contributed by atoms with van der Waals surface area (Å²) in [6.07, 6.45) is 0.700. The van der Waals surface area contributed by atoms with E-state index < -0.39 is 0 Å². The number of anilines is 1. The van der Waals surface area contributed by atoms with Gasteiger partial charge in [-0.25, -0.2) is 9.97 Å². The van der Waals surface area contributed by atoms with Gasteiger partial charge >= 0.3 is 0 Å². The monoisotopic (exact) mass is 349 g/mol. The summed E-state index contributed by atoms with van der Waals surface area (Å²) < 4.78 is 6.45. The largest absolute Gasteiger partial charge is 0.383 e. The third-order valence-corrected chi connectivity index (χ3v) is 3.73. The van der Waals surface area contributed by atoms with Crippen LogP contribution in [0.2, 0.25) is 0 Å². The van der Waals surface area contributed by atoms with Gasteiger partial charge in [-0.15, -0.1) is 0 Å². The Morgan fingerprint density at radius 3 is 2.35 bits per heavy atom. The summed E-state index contributed by atoms with van der Waals surface area (Å²) in [5, 5.41) is 0. The molecule has 1 heterocycles. The van der Waals surface area contributed by atoms with Crippen LogP contribution in [0.25, 0.3) is 0 Å². The van der Waals surface area contributed by atoms with Crippen LogP contribution in [0.4, 0.5) is 5.82 Å². The molecule has 0 fully saturated rings. The standard InChI is InChI=1S/C12H20IN3O/c1-6-7-8(13)10(14)16-11(15-7)9(17-5)12(2,3)4/h9H,6H2,1-5H3,(H2,14,15,16). The molecule has 1 rings (SSSR count). The van der Waals surface area contributed by atoms with E-state index in [-0.39, 0.29) is 11.5 Å². The quantitative estimate of drug-likeness (QED) is 0.853. The molecule has 17 heavy (non-hydrogen) atoms. The maximum atomic E-state index is 5.92. The summed E-state index contributed by atoms with van der Waals surface area (Å²) in [5.41, 5.74) is 6.85. The molecule has 0 radical (unpaired) electrons. The lowest BCUT2D eigenvalue weighted by atomic mass is 9.88. The molecule has 1 atom stereocenters. The van der Waals surface area contributed by atoms with Crippen molar-refractivity contribution in [3.63, 3.8) is 0 Å². The number of aromatic nitrogens is 2. The predicted octanol–water partition coefficient (Wildman–Crippen LogP) is 2.96. The Labute approximate surface area is 117 Å². The van der Waals surface area contributed by atoms with E-state index in [9.17, 15) is 0 Å². The summed E-state index contributed by atoms with van der Waals surface area (Å²) in [4.78, 5) is 8.92. The van der Waals surface area contributed by atoms with Crippen molar-refractivity contribution in [1.29, 1.82) is 0 Å². The second-order valence-corrected chi connectivity index (χ2v) is 6.14. The molecule has 1 aromatic rings. The first-order valence-electron chi connectivity index (χ1n) is 5.65. The minimum Gasteiger partial charge on any atom is -0.383 e. The molecule has 2 N–H and O–H groups in total. The zero-order valence-corrected chi connectivity index (χ0v) is 13.2. The predicted molar refractivity (Wildman–Crippen MR) is 77.7 cm³/mol. The molecule has 0 spiro atoms. The Kier molecular flexibility index (Phi) is 4.71. The van der Waals surface area contributed by atoms with Crippen LogP contribution in [-0.2, 0) is 11.2 Å². The number of halogens is 1. The van der Waals surface area contributed by atoms with Crippen molar-refractivity contribution in [2.75, 3.05) is 12.8 Å². The fourth-order valence-corrected chi connectivity index (χ4v) is 2.35. The van der Waals surface area contributed by atoms with Gasteiger partial charge in [0.2, 0.25) is 0 Å². The van der Waals surface area contributed by atoms with E-state index in [0.29, 0.717) is 11.6 Å². The first-order valence-corrected chi connectivity index (χ1v) is 6.73. The van der Waals surface area contributed by atoms with E-state index in [0.717, 1.165) is 15.7 Å². The average Bonchev–Trinajstić information content (AvgIpc) is 2.21. The van der Waals surface area contributed by atoms with Gasteiger partial charge in [-0.2, -0.15) is 0 Å². The van der Waals surface area contributed by atoms with Gasteiger partial charge in [0.25, 0.3) is 0 Å². The SMILES string of the molecule is CCc1nc(C(OC)C(C)(C)C)nc(N)c1I. The van der Waals surface area contributed by atoms with Crippen molar-refractivity contribution in [3.8, 4) is 0 Å². The lowest BCUT2D eigenvalue weighted by molar-refractivity contribution is 0.00860. The third-order valence-electron chi connectivity index (χ3n) is 2.55. The van der Waals surface area contributed by atoms with Crippen LogP contribution in [0.5, 0.6) is 0 Å². The molecular formula is C12H20IN3O. The number of methoxy groups -OCH3 is 1. The molecule has 0 aliphatic carbocycles. The van der Waals surface area contributed by atoms with Crippen LogP contribution < -0.4 is 5.73 Å². The van der Waals surface area contributed by atoms with Crippen molar-refractivity contribution >= 4 is 28.4 Å². The van der Waals surface area contributed by atoms with Gasteiger partial charge in [0.15, 0.2) is 5.82 Å². The lowest BCUT2D eigenvalue weighted by Gasteiger charge is -2.28. The fourth-order valence-electron chi connectivity index (χ4n) is 1.73. The van der Waals surface area contributed by atoms with Crippen molar-refractivity contribution < 1.29 is 4.74 Å². The fraction of sp³-hybridized carbons (Fsp3) is 0.667. The summed E-state index contributed by atoms with van der Waals surface area (Å²) >= 11 is 2.19. The summed E-state index contributed by atoms with van der Waals surface area (Å²) in [5.74, 6) is 1.22. The van der Waals surface area contributed by atoms with Gasteiger partial charge < -0.3 is 10.5 Å². The van der Waals surface area contributed by atoms with E-state index in [4.69, 9.17) is 10.5 Å². The normalized spacial score (nSPS) is 13.8. The van der Waals surface area contributed by atoms with Crippen LogP contribution >= 0.6 is 22.6 Å². The highest BCUT2D eigenvalue weighted by atomic mass is 127. The van der Waals surface area contributed by atoms with E-state index >= 15 is 0 Å². The zero-order chi connectivity index (χ0) is 13.2. The Hall–Kier alpha value is -0.430. The van der Waals surface area contributed by atoms with Crippen LogP contribution in [0.3, 0.4) is 0 Å². The van der Waals surface area contributed by atoms with Crippen LogP contribution in [0, 0.1) is 8.99 Å². The van der Waals surface area contributed by atoms with Crippen molar-refractivity contribution in [2.24, 2.45) is 5.41 Å². The Morgan fingerprint density at radius 1 is 1.35 bits per heavy atom. The molecule has 96 valence electrons. The van der Waals surface area contributed by atoms with Crippen molar-refractivity contribution in [2.45, 2.75) is 40.2 Å². The molecule has 1 unspecified atom stereocenters. The number of aryl methyl sites for hydroxylation is 1. The summed E-state index contributed by atoms with van der Waals surface area (Å²) in [6.45, 7) is 8.37. The molecule has 4 nitrogen and oxygen atoms in total. The molecule has 5 heteroatoms. The minimum atomic E-state index is -0.146. The highest BCUT2D eigenvalue weighted by Gasteiger charge is 2.29. The molecular weight excluding hydrogens is 329 g/mol. The number of hydrogen-bond donors (Lipinski definition) is 1. The summed E-state index contributed by atoms with van der Waals surface area (Å²) in [6, 6.07) is 0. The van der Waals surface area contributed by atoms with Gasteiger partial charge in [0, 0.05) is 7.11 Å². The molecule has 1 aromatic heterocycles. The van der Waals surface area contributed by atoms with Crippen LogP contribution in [0.15, 0.2) is 0 Å². The molecule has 0 saturated heterocycles. The molecule has 0 amide bonds. The Bertz CT molecular complexity index is 401. The second kappa shape index (κ2) is 5.48. The minimum absolute atomic E-state index is 0.0566. The molecule has 0 aliphatic heterocycles. The van der Waals surface area contributed by atoms with Crippen molar-refractivity contribution in [1.82, 2.24) is 9.97 Å². The number of nitrogen functional groups attached to an aromatic ring is 1. The van der Waals surface area contributed by atoms with Gasteiger partial charge in [0.1, 0.15) is 11.9 Å². The topological polar surface area (TPSA) is 61.0 Å². The maximum absolute atomic E-state index is 5.92. The Morgan fingerprint density at radius 2 is 1.94 bits per heavy atom. The number of ether oxygens (including phenoxy) is 1. The highest BCUT2D eigenvalue weighted by Crippen LogP contribution is 2.34. The first-order chi connectivity index (χ1) is 7.81. The van der Waals surface area contributed by atoms with E-state index in [1.165, 1.54) is 0 Å². The van der Waals surface area contributed by atoms with Gasteiger partial charge in [0.05, 0.1) is 9.26 Å². The van der Waals surface area contributed by atoms with Crippen LogP contribution in [0.1, 0.15) is 45.3 Å². The van der Waals surface area contributed by atoms with Crippen molar-refractivity contribution in [3.05, 3.63) is 15.1 Å². The third kappa shape index (κ3) is 3.28. The number of hydrogen-bond acceptors (Lipinski definition) is 4. The molecule has 0 bridgehead atoms. The zero-order valence-electron chi connectivity index (χ0n) is 11.0. The molecule has 0 aromatic carbocycles. The highest BCUT2D eigenvalue weighted by molar-refractivity contribution is 14.1. The first kappa shape index (κ1) is 14.6. The Balaban J connectivity index is 3.26. The average molecular weight is 349 g/mol. The number of rotatable bonds is 3. The molecule has 0 aliphatic rings. The van der Waals surface area contributed by atoms with E-state index in [1.807, 2.05) is 0 Å². The number of nitrogens with two attached hydrogens (primary N) is 1. The summed E-state index contributed by atoms with van der Waals surface area (Å²) in [7, 11) is 1.68. The number of nitrogens with zero attached hydrogens (tertiary/aromatic N) is 2. The van der Waals surface area contributed by atoms with Gasteiger partial charge in [-0.3, -0.25) is 0 Å². The maximum Gasteiger partial charge on any atom is 0.160 e. The lowest BCUT2D eigenvalue weighted by Crippen LogP contribution is -2.23. The van der Waals surface area contributed by atoms with Crippen LogP contribution in [-0.4, -0.2) is 17.1 Å². The molecule has 0 saturated carbocycles. The van der Waals surface area contributed by atoms with E-state index in [2.05, 4.69) is 60.3 Å². The van der Waals surface area contributed by atoms with E-state index in [1.54, 1.807) is 7.11 Å². The van der Waals surface area contributed by atoms with Gasteiger partial charge in [-0.05, 0) is 34.4 Å².